The van der Waals surface area contributed by atoms with Crippen LogP contribution in [0.5, 0.6) is 0 Å². The van der Waals surface area contributed by atoms with Crippen molar-refractivity contribution in [3.63, 3.8) is 0 Å². The van der Waals surface area contributed by atoms with Gasteiger partial charge >= 0.3 is 0 Å². The summed E-state index contributed by atoms with van der Waals surface area (Å²) in [6.45, 7) is 14.6. The van der Waals surface area contributed by atoms with Gasteiger partial charge in [0.15, 0.2) is 0 Å². The van der Waals surface area contributed by atoms with Crippen LogP contribution in [-0.2, 0) is 16.2 Å². The van der Waals surface area contributed by atoms with Gasteiger partial charge in [0, 0.05) is 38.1 Å². The van der Waals surface area contributed by atoms with E-state index in [1.165, 1.54) is 110 Å². The van der Waals surface area contributed by atoms with Crippen molar-refractivity contribution in [2.75, 3.05) is 0 Å². The molecule has 0 spiro atoms. The fourth-order valence-corrected chi connectivity index (χ4v) is 13.1. The lowest BCUT2D eigenvalue weighted by Crippen LogP contribution is -2.17. The van der Waals surface area contributed by atoms with E-state index in [0.717, 1.165) is 44.6 Å². The summed E-state index contributed by atoms with van der Waals surface area (Å²) in [6, 6.07) is 63.4. The average molecular weight is 859 g/mol. The quantitative estimate of drug-likeness (QED) is 0.173. The first-order valence-electron chi connectivity index (χ1n) is 23.8. The standard InChI is InChI=1S/C65H46O2/c1-63(2)51-31-49-53(64(3,4)55-29-45(39-19-11-13-21-41(39)61(49)55)59-33-47-37-17-9-7-15-35(37)23-25-57(47)66-59)27-43(51)44-28-54-50(32-52(44)63)62-42-22-14-12-20-40(42)46(30-56(62)65(54,5)6)60-34-48-38-18-10-8-16-36(38)24-26-58(48)67-60/h7-34H,1-6H3. The summed E-state index contributed by atoms with van der Waals surface area (Å²) in [5.74, 6) is 1.83. The SMILES string of the molecule is CC1(C)c2cc3c(cc2-c2cc4c(cc21)-c1c(cc(-c2cc5c(ccc6ccccc65)o2)c2ccccc12)C4(C)C)C(C)(C)c1cc(-c2cc4c(ccc5ccccc54)o2)c2ccccc2c1-3. The molecule has 3 aliphatic rings. The zero-order valence-corrected chi connectivity index (χ0v) is 38.5. The number of hydrogen-bond donors (Lipinski definition) is 0. The second-order valence-electron chi connectivity index (χ2n) is 21.2. The molecular formula is C65H46O2. The maximum absolute atomic E-state index is 6.76. The second kappa shape index (κ2) is 12.4. The fraction of sp³-hybridized carbons (Fsp3) is 0.138. The summed E-state index contributed by atoms with van der Waals surface area (Å²) in [5, 5.41) is 12.2. The lowest BCUT2D eigenvalue weighted by Gasteiger charge is -2.25. The molecule has 2 heteroatoms. The zero-order valence-electron chi connectivity index (χ0n) is 38.5. The monoisotopic (exact) mass is 858 g/mol. The molecule has 67 heavy (non-hydrogen) atoms. The van der Waals surface area contributed by atoms with E-state index in [9.17, 15) is 0 Å². The summed E-state index contributed by atoms with van der Waals surface area (Å²) >= 11 is 0. The molecule has 0 aliphatic heterocycles. The number of fused-ring (bicyclic) bond motifs is 19. The third kappa shape index (κ3) is 4.70. The minimum atomic E-state index is -0.241. The van der Waals surface area contributed by atoms with E-state index in [-0.39, 0.29) is 16.2 Å². The van der Waals surface area contributed by atoms with Gasteiger partial charge in [-0.15, -0.1) is 0 Å². The molecule has 318 valence electrons. The van der Waals surface area contributed by atoms with Crippen molar-refractivity contribution in [3.05, 3.63) is 203 Å². The summed E-state index contributed by atoms with van der Waals surface area (Å²) < 4.78 is 13.5. The smallest absolute Gasteiger partial charge is 0.136 e. The van der Waals surface area contributed by atoms with Crippen molar-refractivity contribution in [2.24, 2.45) is 0 Å². The predicted molar refractivity (Wildman–Crippen MR) is 280 cm³/mol. The highest BCUT2D eigenvalue weighted by molar-refractivity contribution is 6.14. The Morgan fingerprint density at radius 1 is 0.269 bits per heavy atom. The molecular weight excluding hydrogens is 813 g/mol. The Bertz CT molecular complexity index is 3970. The molecule has 2 nitrogen and oxygen atoms in total. The number of hydrogen-bond acceptors (Lipinski definition) is 2. The van der Waals surface area contributed by atoms with Gasteiger partial charge in [-0.1, -0.05) is 151 Å². The van der Waals surface area contributed by atoms with Crippen LogP contribution in [-0.4, -0.2) is 0 Å². The first-order valence-corrected chi connectivity index (χ1v) is 23.8. The molecule has 0 unspecified atom stereocenters. The Balaban J connectivity index is 0.896. The van der Waals surface area contributed by atoms with Crippen LogP contribution in [0.2, 0.25) is 0 Å². The predicted octanol–water partition coefficient (Wildman–Crippen LogP) is 18.0. The van der Waals surface area contributed by atoms with Crippen LogP contribution < -0.4 is 0 Å². The van der Waals surface area contributed by atoms with Crippen LogP contribution in [0, 0.1) is 0 Å². The van der Waals surface area contributed by atoms with Gasteiger partial charge in [0.05, 0.1) is 0 Å². The third-order valence-corrected chi connectivity index (χ3v) is 16.7. The molecule has 0 saturated carbocycles. The Kier molecular flexibility index (Phi) is 6.94. The summed E-state index contributed by atoms with van der Waals surface area (Å²) in [6.07, 6.45) is 0. The van der Waals surface area contributed by atoms with Crippen molar-refractivity contribution in [2.45, 2.75) is 57.8 Å². The summed E-state index contributed by atoms with van der Waals surface area (Å²) in [7, 11) is 0. The maximum Gasteiger partial charge on any atom is 0.136 e. The van der Waals surface area contributed by atoms with Crippen molar-refractivity contribution < 1.29 is 8.83 Å². The van der Waals surface area contributed by atoms with Gasteiger partial charge in [-0.25, -0.2) is 0 Å². The number of rotatable bonds is 2. The molecule has 0 N–H and O–H groups in total. The fourth-order valence-electron chi connectivity index (χ4n) is 13.1. The van der Waals surface area contributed by atoms with E-state index in [4.69, 9.17) is 8.83 Å². The van der Waals surface area contributed by atoms with Crippen LogP contribution in [0.4, 0.5) is 0 Å². The van der Waals surface area contributed by atoms with Gasteiger partial charge in [0.2, 0.25) is 0 Å². The van der Waals surface area contributed by atoms with Crippen LogP contribution in [0.3, 0.4) is 0 Å². The third-order valence-electron chi connectivity index (χ3n) is 16.7. The molecule has 0 radical (unpaired) electrons. The number of furan rings is 2. The Morgan fingerprint density at radius 2 is 0.597 bits per heavy atom. The molecule has 0 fully saturated rings. The molecule has 3 aliphatic carbocycles. The van der Waals surface area contributed by atoms with Gasteiger partial charge in [0.25, 0.3) is 0 Å². The lowest BCUT2D eigenvalue weighted by molar-refractivity contribution is 0.630. The topological polar surface area (TPSA) is 26.3 Å². The highest BCUT2D eigenvalue weighted by Gasteiger charge is 2.46. The van der Waals surface area contributed by atoms with Crippen LogP contribution in [0.1, 0.15) is 74.9 Å². The zero-order chi connectivity index (χ0) is 44.9. The molecule has 12 aromatic rings. The van der Waals surface area contributed by atoms with E-state index in [1.54, 1.807) is 0 Å². The van der Waals surface area contributed by atoms with Crippen molar-refractivity contribution in [1.82, 2.24) is 0 Å². The van der Waals surface area contributed by atoms with E-state index in [1.807, 2.05) is 0 Å². The maximum atomic E-state index is 6.76. The molecule has 0 bridgehead atoms. The molecule has 15 rings (SSSR count). The highest BCUT2D eigenvalue weighted by atomic mass is 16.3. The molecule has 0 amide bonds. The van der Waals surface area contributed by atoms with E-state index < -0.39 is 0 Å². The Morgan fingerprint density at radius 3 is 1.03 bits per heavy atom. The normalized spacial score (nSPS) is 15.7. The Labute approximate surface area is 389 Å². The van der Waals surface area contributed by atoms with Crippen LogP contribution in [0.25, 0.3) is 121 Å². The largest absolute Gasteiger partial charge is 0.456 e. The van der Waals surface area contributed by atoms with E-state index in [0.29, 0.717) is 0 Å². The molecule has 0 saturated heterocycles. The second-order valence-corrected chi connectivity index (χ2v) is 21.2. The molecule has 0 atom stereocenters. The minimum Gasteiger partial charge on any atom is -0.456 e. The molecule has 2 aromatic heterocycles. The van der Waals surface area contributed by atoms with Gasteiger partial charge in [-0.2, -0.15) is 0 Å². The van der Waals surface area contributed by atoms with E-state index >= 15 is 0 Å². The van der Waals surface area contributed by atoms with Crippen LogP contribution in [0.15, 0.2) is 179 Å². The van der Waals surface area contributed by atoms with Crippen molar-refractivity contribution in [1.29, 1.82) is 0 Å². The molecule has 10 aromatic carbocycles. The van der Waals surface area contributed by atoms with Gasteiger partial charge in [-0.3, -0.25) is 0 Å². The first-order chi connectivity index (χ1) is 32.5. The van der Waals surface area contributed by atoms with Gasteiger partial charge in [-0.05, 0) is 171 Å². The van der Waals surface area contributed by atoms with Crippen molar-refractivity contribution >= 4 is 65.0 Å². The van der Waals surface area contributed by atoms with Gasteiger partial charge < -0.3 is 8.83 Å². The van der Waals surface area contributed by atoms with Gasteiger partial charge in [0.1, 0.15) is 22.7 Å². The summed E-state index contributed by atoms with van der Waals surface area (Å²) in [5.41, 5.74) is 19.9. The Hall–Kier alpha value is -7.68. The highest BCUT2D eigenvalue weighted by Crippen LogP contribution is 2.61. The minimum absolute atomic E-state index is 0.214. The number of benzene rings is 10. The van der Waals surface area contributed by atoms with E-state index in [2.05, 4.69) is 211 Å². The summed E-state index contributed by atoms with van der Waals surface area (Å²) in [4.78, 5) is 0. The van der Waals surface area contributed by atoms with Crippen molar-refractivity contribution in [3.8, 4) is 56.0 Å². The lowest BCUT2D eigenvalue weighted by atomic mass is 9.78. The average Bonchev–Trinajstić information content (AvgIpc) is 4.13. The first kappa shape index (κ1) is 37.5. The van der Waals surface area contributed by atoms with Crippen LogP contribution >= 0.6 is 0 Å². The molecule has 2 heterocycles.